The number of morpholine rings is 1. The molecular formula is C24H21F2N5O2. The zero-order valence-electron chi connectivity index (χ0n) is 17.8. The van der Waals surface area contributed by atoms with Crippen molar-refractivity contribution in [3.05, 3.63) is 65.7 Å². The Balaban J connectivity index is 1.34. The van der Waals surface area contributed by atoms with Crippen LogP contribution in [0.4, 0.5) is 20.4 Å². The van der Waals surface area contributed by atoms with E-state index in [1.54, 1.807) is 4.90 Å². The number of halogens is 2. The Hall–Kier alpha value is -3.46. The molecule has 1 saturated carbocycles. The van der Waals surface area contributed by atoms with Crippen molar-refractivity contribution in [2.24, 2.45) is 0 Å². The van der Waals surface area contributed by atoms with Crippen molar-refractivity contribution in [1.82, 2.24) is 19.9 Å². The molecule has 2 aromatic heterocycles. The lowest BCUT2D eigenvalue weighted by molar-refractivity contribution is 0.0303. The molecule has 0 atom stereocenters. The standard InChI is InChI=1S/C24H21F2N5O2/c25-18-12-27-13-19(26)21(18)16-10-28-23(29-11-16)31-14-24(3-4-24)17-2-1-15(9-20(17)31)22(32)30-5-7-33-8-6-30/h1-2,9-13H,3-8,14H2. The third-order valence-electron chi connectivity index (χ3n) is 6.74. The van der Waals surface area contributed by atoms with Crippen molar-refractivity contribution in [2.75, 3.05) is 37.7 Å². The van der Waals surface area contributed by atoms with E-state index >= 15 is 0 Å². The molecule has 1 amide bonds. The van der Waals surface area contributed by atoms with Crippen molar-refractivity contribution >= 4 is 17.5 Å². The van der Waals surface area contributed by atoms with Crippen molar-refractivity contribution in [1.29, 1.82) is 0 Å². The summed E-state index contributed by atoms with van der Waals surface area (Å²) in [5, 5.41) is 0. The van der Waals surface area contributed by atoms with Crippen LogP contribution in [0, 0.1) is 11.6 Å². The Labute approximate surface area is 189 Å². The zero-order chi connectivity index (χ0) is 22.6. The van der Waals surface area contributed by atoms with Crippen LogP contribution < -0.4 is 4.90 Å². The number of fused-ring (bicyclic) bond motifs is 2. The van der Waals surface area contributed by atoms with Gasteiger partial charge in [-0.05, 0) is 30.5 Å². The Bertz CT molecular complexity index is 1220. The molecule has 1 aliphatic carbocycles. The highest BCUT2D eigenvalue weighted by molar-refractivity contribution is 5.96. The molecule has 1 aromatic carbocycles. The van der Waals surface area contributed by atoms with E-state index in [1.165, 1.54) is 18.0 Å². The summed E-state index contributed by atoms with van der Waals surface area (Å²) >= 11 is 0. The van der Waals surface area contributed by atoms with E-state index in [1.807, 2.05) is 23.1 Å². The molecule has 2 fully saturated rings. The van der Waals surface area contributed by atoms with Crippen LogP contribution in [0.2, 0.25) is 0 Å². The predicted octanol–water partition coefficient (Wildman–Crippen LogP) is 3.47. The van der Waals surface area contributed by atoms with Gasteiger partial charge in [0.2, 0.25) is 5.95 Å². The maximum Gasteiger partial charge on any atom is 0.254 e. The van der Waals surface area contributed by atoms with Gasteiger partial charge in [0.15, 0.2) is 11.6 Å². The van der Waals surface area contributed by atoms with E-state index in [4.69, 9.17) is 4.74 Å². The normalized spacial score (nSPS) is 18.5. The lowest BCUT2D eigenvalue weighted by Gasteiger charge is -2.27. The van der Waals surface area contributed by atoms with Crippen LogP contribution in [0.25, 0.3) is 11.1 Å². The van der Waals surface area contributed by atoms with Crippen LogP contribution in [-0.2, 0) is 10.2 Å². The van der Waals surface area contributed by atoms with E-state index in [2.05, 4.69) is 15.0 Å². The second-order valence-corrected chi connectivity index (χ2v) is 8.75. The summed E-state index contributed by atoms with van der Waals surface area (Å²) in [5.74, 6) is -1.10. The number of carbonyl (C=O) groups is 1. The largest absolute Gasteiger partial charge is 0.378 e. The predicted molar refractivity (Wildman–Crippen MR) is 116 cm³/mol. The van der Waals surface area contributed by atoms with Gasteiger partial charge in [0.05, 0.1) is 31.2 Å². The molecule has 0 unspecified atom stereocenters. The highest BCUT2D eigenvalue weighted by atomic mass is 19.1. The second kappa shape index (κ2) is 7.55. The van der Waals surface area contributed by atoms with Crippen LogP contribution in [0.1, 0.15) is 28.8 Å². The molecule has 2 aliphatic heterocycles. The van der Waals surface area contributed by atoms with Crippen LogP contribution in [0.15, 0.2) is 43.0 Å². The number of rotatable bonds is 3. The minimum Gasteiger partial charge on any atom is -0.378 e. The Kier molecular flexibility index (Phi) is 4.62. The molecule has 33 heavy (non-hydrogen) atoms. The molecule has 0 N–H and O–H groups in total. The number of hydrogen-bond acceptors (Lipinski definition) is 6. The SMILES string of the molecule is O=C(c1ccc2c(c1)N(c1ncc(-c3c(F)cncc3F)cn1)CC21CC1)N1CCOCC1. The summed E-state index contributed by atoms with van der Waals surface area (Å²) in [6.45, 7) is 2.97. The fourth-order valence-electron chi connectivity index (χ4n) is 4.79. The number of ether oxygens (including phenoxy) is 1. The minimum absolute atomic E-state index is 0.0160. The van der Waals surface area contributed by atoms with E-state index in [0.29, 0.717) is 37.8 Å². The molecule has 1 spiro atoms. The summed E-state index contributed by atoms with van der Waals surface area (Å²) in [5.41, 5.74) is 2.83. The first kappa shape index (κ1) is 20.2. The second-order valence-electron chi connectivity index (χ2n) is 8.75. The fraction of sp³-hybridized carbons (Fsp3) is 0.333. The number of hydrogen-bond donors (Lipinski definition) is 0. The summed E-state index contributed by atoms with van der Waals surface area (Å²) in [6.07, 6.45) is 6.91. The van der Waals surface area contributed by atoms with Crippen molar-refractivity contribution in [3.63, 3.8) is 0 Å². The molecule has 0 radical (unpaired) electrons. The Morgan fingerprint density at radius 1 is 1.00 bits per heavy atom. The number of amides is 1. The molecule has 9 heteroatoms. The van der Waals surface area contributed by atoms with Crippen LogP contribution >= 0.6 is 0 Å². The first-order valence-electron chi connectivity index (χ1n) is 11.0. The molecule has 3 aliphatic rings. The number of anilines is 2. The van der Waals surface area contributed by atoms with E-state index in [9.17, 15) is 13.6 Å². The first-order chi connectivity index (χ1) is 16.1. The minimum atomic E-state index is -0.763. The monoisotopic (exact) mass is 449 g/mol. The Morgan fingerprint density at radius 2 is 1.70 bits per heavy atom. The maximum absolute atomic E-state index is 14.1. The number of carbonyl (C=O) groups excluding carboxylic acids is 1. The lowest BCUT2D eigenvalue weighted by Crippen LogP contribution is -2.40. The molecule has 7 nitrogen and oxygen atoms in total. The number of nitrogens with zero attached hydrogens (tertiary/aromatic N) is 5. The van der Waals surface area contributed by atoms with Gasteiger partial charge in [-0.1, -0.05) is 6.07 Å². The maximum atomic E-state index is 14.1. The van der Waals surface area contributed by atoms with Crippen LogP contribution in [0.5, 0.6) is 0 Å². The first-order valence-corrected chi connectivity index (χ1v) is 11.0. The quantitative estimate of drug-likeness (QED) is 0.610. The lowest BCUT2D eigenvalue weighted by atomic mass is 9.97. The molecule has 4 heterocycles. The molecule has 6 rings (SSSR count). The highest BCUT2D eigenvalue weighted by Gasteiger charge is 2.52. The van der Waals surface area contributed by atoms with E-state index < -0.39 is 11.6 Å². The summed E-state index contributed by atoms with van der Waals surface area (Å²) in [6, 6.07) is 5.87. The van der Waals surface area contributed by atoms with Gasteiger partial charge in [-0.25, -0.2) is 18.7 Å². The van der Waals surface area contributed by atoms with Gasteiger partial charge in [-0.3, -0.25) is 9.78 Å². The average molecular weight is 449 g/mol. The molecular weight excluding hydrogens is 428 g/mol. The fourth-order valence-corrected chi connectivity index (χ4v) is 4.79. The molecule has 168 valence electrons. The van der Waals surface area contributed by atoms with Crippen molar-refractivity contribution in [3.8, 4) is 11.1 Å². The number of aromatic nitrogens is 3. The highest BCUT2D eigenvalue weighted by Crippen LogP contribution is 2.57. The average Bonchev–Trinajstić information content (AvgIpc) is 3.56. The molecule has 0 bridgehead atoms. The van der Waals surface area contributed by atoms with Gasteiger partial charge >= 0.3 is 0 Å². The van der Waals surface area contributed by atoms with Crippen LogP contribution in [0.3, 0.4) is 0 Å². The van der Waals surface area contributed by atoms with E-state index in [0.717, 1.165) is 37.5 Å². The van der Waals surface area contributed by atoms with Gasteiger partial charge in [0.1, 0.15) is 0 Å². The van der Waals surface area contributed by atoms with Gasteiger partial charge < -0.3 is 14.5 Å². The summed E-state index contributed by atoms with van der Waals surface area (Å²) in [7, 11) is 0. The third kappa shape index (κ3) is 3.34. The number of pyridine rings is 1. The molecule has 1 saturated heterocycles. The van der Waals surface area contributed by atoms with E-state index in [-0.39, 0.29) is 22.4 Å². The summed E-state index contributed by atoms with van der Waals surface area (Å²) < 4.78 is 33.6. The van der Waals surface area contributed by atoms with Crippen molar-refractivity contribution < 1.29 is 18.3 Å². The van der Waals surface area contributed by atoms with Gasteiger partial charge in [0, 0.05) is 54.3 Å². The zero-order valence-corrected chi connectivity index (χ0v) is 17.8. The number of benzene rings is 1. The van der Waals surface area contributed by atoms with Gasteiger partial charge in [-0.15, -0.1) is 0 Å². The van der Waals surface area contributed by atoms with Crippen LogP contribution in [-0.4, -0.2) is 58.6 Å². The topological polar surface area (TPSA) is 71.5 Å². The molecule has 3 aromatic rings. The summed E-state index contributed by atoms with van der Waals surface area (Å²) in [4.78, 5) is 29.2. The smallest absolute Gasteiger partial charge is 0.254 e. The van der Waals surface area contributed by atoms with Gasteiger partial charge in [0.25, 0.3) is 5.91 Å². The Morgan fingerprint density at radius 3 is 2.36 bits per heavy atom. The van der Waals surface area contributed by atoms with Crippen molar-refractivity contribution in [2.45, 2.75) is 18.3 Å². The van der Waals surface area contributed by atoms with Gasteiger partial charge in [-0.2, -0.15) is 0 Å². The third-order valence-corrected chi connectivity index (χ3v) is 6.74.